The lowest BCUT2D eigenvalue weighted by Gasteiger charge is -2.23. The molecule has 7 heteroatoms. The van der Waals surface area contributed by atoms with Gasteiger partial charge in [0, 0.05) is 18.6 Å². The van der Waals surface area contributed by atoms with Crippen molar-refractivity contribution in [3.63, 3.8) is 0 Å². The van der Waals surface area contributed by atoms with E-state index in [0.29, 0.717) is 19.5 Å². The number of hydrogen-bond acceptors (Lipinski definition) is 3. The van der Waals surface area contributed by atoms with Crippen molar-refractivity contribution >= 4 is 16.1 Å². The van der Waals surface area contributed by atoms with E-state index in [1.165, 1.54) is 5.56 Å². The second-order valence-corrected chi connectivity index (χ2v) is 8.46. The summed E-state index contributed by atoms with van der Waals surface area (Å²) < 4.78 is 22.3. The van der Waals surface area contributed by atoms with Gasteiger partial charge < -0.3 is 10.2 Å². The maximum Gasteiger partial charge on any atom is 0.317 e. The van der Waals surface area contributed by atoms with E-state index in [4.69, 9.17) is 5.14 Å². The molecule has 3 N–H and O–H groups in total. The third-order valence-corrected chi connectivity index (χ3v) is 5.59. The van der Waals surface area contributed by atoms with Crippen LogP contribution in [0.1, 0.15) is 24.8 Å². The van der Waals surface area contributed by atoms with Gasteiger partial charge >= 0.3 is 6.03 Å². The van der Waals surface area contributed by atoms with E-state index in [-0.39, 0.29) is 23.2 Å². The molecule has 1 atom stereocenters. The van der Waals surface area contributed by atoms with Crippen molar-refractivity contribution < 1.29 is 13.2 Å². The van der Waals surface area contributed by atoms with Gasteiger partial charge in [0.1, 0.15) is 0 Å². The van der Waals surface area contributed by atoms with Crippen LogP contribution >= 0.6 is 0 Å². The van der Waals surface area contributed by atoms with E-state index in [2.05, 4.69) is 17.4 Å². The molecule has 23 heavy (non-hydrogen) atoms. The number of nitrogens with zero attached hydrogens (tertiary/aromatic N) is 1. The lowest BCUT2D eigenvalue weighted by molar-refractivity contribution is 0.201. The molecule has 2 aliphatic rings. The van der Waals surface area contributed by atoms with Crippen molar-refractivity contribution in [3.8, 4) is 0 Å². The molecule has 1 aliphatic heterocycles. The van der Waals surface area contributed by atoms with Crippen LogP contribution in [0.5, 0.6) is 0 Å². The number of amides is 2. The van der Waals surface area contributed by atoms with Crippen molar-refractivity contribution in [1.29, 1.82) is 0 Å². The molecule has 1 aromatic carbocycles. The summed E-state index contributed by atoms with van der Waals surface area (Å²) in [5.41, 5.74) is 1.09. The second-order valence-electron chi connectivity index (χ2n) is 6.80. The zero-order valence-electron chi connectivity index (χ0n) is 13.1. The van der Waals surface area contributed by atoms with Crippen LogP contribution in [0.3, 0.4) is 0 Å². The number of carbonyl (C=O) groups is 1. The van der Waals surface area contributed by atoms with Crippen LogP contribution in [0.4, 0.5) is 4.79 Å². The van der Waals surface area contributed by atoms with Gasteiger partial charge in [-0.1, -0.05) is 30.3 Å². The van der Waals surface area contributed by atoms with Crippen LogP contribution in [0.2, 0.25) is 0 Å². The topological polar surface area (TPSA) is 92.5 Å². The molecule has 1 aliphatic carbocycles. The molecule has 126 valence electrons. The van der Waals surface area contributed by atoms with Crippen molar-refractivity contribution in [2.24, 2.45) is 11.1 Å². The zero-order chi connectivity index (χ0) is 16.5. The summed E-state index contributed by atoms with van der Waals surface area (Å²) in [6.07, 6.45) is 3.51. The Kier molecular flexibility index (Phi) is 4.33. The van der Waals surface area contributed by atoms with Gasteiger partial charge in [0.15, 0.2) is 0 Å². The molecule has 3 rings (SSSR count). The predicted octanol–water partition coefficient (Wildman–Crippen LogP) is 1.08. The van der Waals surface area contributed by atoms with E-state index in [1.807, 2.05) is 18.2 Å². The normalized spacial score (nSPS) is 22.8. The fourth-order valence-electron chi connectivity index (χ4n) is 3.27. The van der Waals surface area contributed by atoms with Crippen molar-refractivity contribution in [2.45, 2.75) is 31.2 Å². The average molecular weight is 337 g/mol. The number of nitrogens with two attached hydrogens (primary N) is 1. The quantitative estimate of drug-likeness (QED) is 0.842. The summed E-state index contributed by atoms with van der Waals surface area (Å²) in [5, 5.41) is 8.24. The van der Waals surface area contributed by atoms with Gasteiger partial charge in [0.25, 0.3) is 0 Å². The number of nitrogens with one attached hydrogen (secondary N) is 1. The molecule has 0 bridgehead atoms. The third-order valence-electron chi connectivity index (χ3n) is 4.65. The zero-order valence-corrected chi connectivity index (χ0v) is 13.9. The highest BCUT2D eigenvalue weighted by molar-refractivity contribution is 7.89. The summed E-state index contributed by atoms with van der Waals surface area (Å²) >= 11 is 0. The molecule has 0 aromatic heterocycles. The standard InChI is InChI=1S/C16H23N3O3S/c17-23(21,22)12-14-6-9-19(11-14)15(20)18-16(7-8-16)10-13-4-2-1-3-5-13/h1-5,14H,6-12H2,(H,18,20)(H2,17,21,22). The first-order chi connectivity index (χ1) is 10.9. The lowest BCUT2D eigenvalue weighted by atomic mass is 10.0. The van der Waals surface area contributed by atoms with Crippen molar-refractivity contribution in [2.75, 3.05) is 18.8 Å². The smallest absolute Gasteiger partial charge is 0.317 e. The molecule has 1 saturated carbocycles. The van der Waals surface area contributed by atoms with Gasteiger partial charge in [0.05, 0.1) is 5.75 Å². The average Bonchev–Trinajstić information content (AvgIpc) is 3.05. The molecule has 2 fully saturated rings. The molecule has 1 unspecified atom stereocenters. The Morgan fingerprint density at radius 1 is 1.30 bits per heavy atom. The Hall–Kier alpha value is -1.60. The van der Waals surface area contributed by atoms with E-state index in [0.717, 1.165) is 19.3 Å². The van der Waals surface area contributed by atoms with Gasteiger partial charge in [-0.3, -0.25) is 0 Å². The minimum absolute atomic E-state index is 0.0497. The predicted molar refractivity (Wildman–Crippen MR) is 88.3 cm³/mol. The third kappa shape index (κ3) is 4.45. The van der Waals surface area contributed by atoms with E-state index in [9.17, 15) is 13.2 Å². The lowest BCUT2D eigenvalue weighted by Crippen LogP contribution is -2.46. The van der Waals surface area contributed by atoms with Gasteiger partial charge in [-0.25, -0.2) is 18.4 Å². The number of rotatable bonds is 5. The molecule has 0 spiro atoms. The minimum Gasteiger partial charge on any atom is -0.332 e. The fourth-order valence-corrected chi connectivity index (χ4v) is 4.20. The molecule has 1 heterocycles. The van der Waals surface area contributed by atoms with Crippen LogP contribution in [0.25, 0.3) is 0 Å². The molecule has 1 aromatic rings. The highest BCUT2D eigenvalue weighted by Crippen LogP contribution is 2.39. The van der Waals surface area contributed by atoms with Gasteiger partial charge in [-0.15, -0.1) is 0 Å². The number of primary sulfonamides is 1. The summed E-state index contributed by atoms with van der Waals surface area (Å²) in [7, 11) is -3.48. The second kappa shape index (κ2) is 6.13. The Morgan fingerprint density at radius 3 is 2.61 bits per heavy atom. The van der Waals surface area contributed by atoms with Gasteiger partial charge in [-0.2, -0.15) is 0 Å². The first-order valence-electron chi connectivity index (χ1n) is 7.97. The SMILES string of the molecule is NS(=O)(=O)CC1CCN(C(=O)NC2(Cc3ccccc3)CC2)C1. The van der Waals surface area contributed by atoms with Crippen LogP contribution in [0.15, 0.2) is 30.3 Å². The molecule has 6 nitrogen and oxygen atoms in total. The first kappa shape index (κ1) is 16.3. The molecule has 0 radical (unpaired) electrons. The summed E-state index contributed by atoms with van der Waals surface area (Å²) in [6, 6.07) is 10.1. The Balaban J connectivity index is 1.54. The van der Waals surface area contributed by atoms with Crippen molar-refractivity contribution in [1.82, 2.24) is 10.2 Å². The van der Waals surface area contributed by atoms with Crippen LogP contribution in [-0.4, -0.2) is 43.7 Å². The maximum atomic E-state index is 12.4. The Bertz CT molecular complexity index is 671. The van der Waals surface area contributed by atoms with E-state index < -0.39 is 10.0 Å². The summed E-state index contributed by atoms with van der Waals surface area (Å²) in [6.45, 7) is 1.05. The minimum atomic E-state index is -3.48. The number of hydrogen-bond donors (Lipinski definition) is 2. The Morgan fingerprint density at radius 2 is 2.00 bits per heavy atom. The molecule has 1 saturated heterocycles. The number of carbonyl (C=O) groups excluding carboxylic acids is 1. The van der Waals surface area contributed by atoms with E-state index in [1.54, 1.807) is 4.90 Å². The highest BCUT2D eigenvalue weighted by Gasteiger charge is 2.45. The van der Waals surface area contributed by atoms with E-state index >= 15 is 0 Å². The molecular formula is C16H23N3O3S. The van der Waals surface area contributed by atoms with Crippen LogP contribution in [0, 0.1) is 5.92 Å². The van der Waals surface area contributed by atoms with Crippen molar-refractivity contribution in [3.05, 3.63) is 35.9 Å². The Labute approximate surface area is 137 Å². The maximum absolute atomic E-state index is 12.4. The number of benzene rings is 1. The summed E-state index contributed by atoms with van der Waals surface area (Å²) in [5.74, 6) is -0.105. The van der Waals surface area contributed by atoms with Crippen LogP contribution in [-0.2, 0) is 16.4 Å². The number of sulfonamides is 1. The highest BCUT2D eigenvalue weighted by atomic mass is 32.2. The van der Waals surface area contributed by atoms with Gasteiger partial charge in [0.2, 0.25) is 10.0 Å². The largest absolute Gasteiger partial charge is 0.332 e. The fraction of sp³-hybridized carbons (Fsp3) is 0.562. The summed E-state index contributed by atoms with van der Waals surface area (Å²) in [4.78, 5) is 14.1. The van der Waals surface area contributed by atoms with Crippen LogP contribution < -0.4 is 10.5 Å². The molecular weight excluding hydrogens is 314 g/mol. The monoisotopic (exact) mass is 337 g/mol. The number of urea groups is 1. The first-order valence-corrected chi connectivity index (χ1v) is 9.68. The molecule has 2 amide bonds. The van der Waals surface area contributed by atoms with Gasteiger partial charge in [-0.05, 0) is 37.2 Å². The number of likely N-dealkylation sites (tertiary alicyclic amines) is 1.